The minimum absolute atomic E-state index is 0.115. The highest BCUT2D eigenvalue weighted by molar-refractivity contribution is 5.84. The van der Waals surface area contributed by atoms with Crippen LogP contribution in [0, 0.1) is 0 Å². The van der Waals surface area contributed by atoms with Gasteiger partial charge in [0.2, 0.25) is 0 Å². The van der Waals surface area contributed by atoms with Crippen LogP contribution in [0.4, 0.5) is 0 Å². The average Bonchev–Trinajstić information content (AvgIpc) is 2.70. The quantitative estimate of drug-likeness (QED) is 0.594. The number of carbonyl (C=O) groups is 1. The molecule has 28 heavy (non-hydrogen) atoms. The van der Waals surface area contributed by atoms with Crippen LogP contribution in [-0.2, 0) is 11.3 Å². The van der Waals surface area contributed by atoms with Crippen molar-refractivity contribution in [2.24, 2.45) is 0 Å². The van der Waals surface area contributed by atoms with Gasteiger partial charge in [-0.3, -0.25) is 4.79 Å². The number of amides is 1. The van der Waals surface area contributed by atoms with Crippen LogP contribution in [0.2, 0.25) is 0 Å². The van der Waals surface area contributed by atoms with Crippen LogP contribution in [-0.4, -0.2) is 18.1 Å². The first-order valence-corrected chi connectivity index (χ1v) is 9.74. The zero-order valence-corrected chi connectivity index (χ0v) is 16.6. The highest BCUT2D eigenvalue weighted by atomic mass is 16.5. The molecule has 3 aromatic rings. The number of nitrogens with one attached hydrogen (secondary N) is 1. The summed E-state index contributed by atoms with van der Waals surface area (Å²) in [6, 6.07) is 21.8. The fourth-order valence-corrected chi connectivity index (χ4v) is 3.03. The highest BCUT2D eigenvalue weighted by Crippen LogP contribution is 2.22. The molecule has 0 saturated carbocycles. The molecule has 0 unspecified atom stereocenters. The highest BCUT2D eigenvalue weighted by Gasteiger charge is 2.18. The van der Waals surface area contributed by atoms with Crippen molar-refractivity contribution in [1.29, 1.82) is 0 Å². The first-order valence-electron chi connectivity index (χ1n) is 9.74. The van der Waals surface area contributed by atoms with Crippen molar-refractivity contribution < 1.29 is 14.3 Å². The molecule has 0 fully saturated rings. The largest absolute Gasteiger partial charge is 0.491 e. The van der Waals surface area contributed by atoms with Crippen molar-refractivity contribution in [3.63, 3.8) is 0 Å². The van der Waals surface area contributed by atoms with Gasteiger partial charge in [0.15, 0.2) is 6.10 Å². The molecule has 0 aliphatic rings. The summed E-state index contributed by atoms with van der Waals surface area (Å²) in [7, 11) is 0. The van der Waals surface area contributed by atoms with E-state index in [2.05, 4.69) is 11.4 Å². The number of benzene rings is 3. The van der Waals surface area contributed by atoms with E-state index < -0.39 is 6.10 Å². The number of fused-ring (bicyclic) bond motifs is 1. The summed E-state index contributed by atoms with van der Waals surface area (Å²) in [5, 5.41) is 5.21. The lowest BCUT2D eigenvalue weighted by Gasteiger charge is -2.18. The second kappa shape index (κ2) is 9.27. The Morgan fingerprint density at radius 2 is 1.64 bits per heavy atom. The van der Waals surface area contributed by atoms with E-state index in [9.17, 15) is 4.79 Å². The molecule has 0 heterocycles. The molecule has 0 aromatic heterocycles. The van der Waals surface area contributed by atoms with Crippen LogP contribution >= 0.6 is 0 Å². The number of carbonyl (C=O) groups excluding carboxylic acids is 1. The number of ether oxygens (including phenoxy) is 2. The number of hydrogen-bond acceptors (Lipinski definition) is 3. The second-order valence-electron chi connectivity index (χ2n) is 7.06. The predicted octanol–water partition coefficient (Wildman–Crippen LogP) is 5.10. The van der Waals surface area contributed by atoms with Gasteiger partial charge in [0.1, 0.15) is 11.5 Å². The summed E-state index contributed by atoms with van der Waals surface area (Å²) in [5.74, 6) is 1.39. The van der Waals surface area contributed by atoms with E-state index in [4.69, 9.17) is 9.47 Å². The topological polar surface area (TPSA) is 47.6 Å². The zero-order chi connectivity index (χ0) is 19.9. The van der Waals surface area contributed by atoms with E-state index in [-0.39, 0.29) is 12.0 Å². The van der Waals surface area contributed by atoms with E-state index in [1.54, 1.807) is 0 Å². The summed E-state index contributed by atoms with van der Waals surface area (Å²) in [4.78, 5) is 12.6. The van der Waals surface area contributed by atoms with Crippen LogP contribution in [0.1, 0.15) is 32.8 Å². The van der Waals surface area contributed by atoms with Gasteiger partial charge in [-0.05, 0) is 60.9 Å². The molecular formula is C24H27NO3. The van der Waals surface area contributed by atoms with Crippen molar-refractivity contribution in [2.45, 2.75) is 45.9 Å². The minimum Gasteiger partial charge on any atom is -0.491 e. The average molecular weight is 377 g/mol. The van der Waals surface area contributed by atoms with Gasteiger partial charge in [-0.15, -0.1) is 0 Å². The molecule has 1 N–H and O–H groups in total. The normalized spacial score (nSPS) is 12.0. The van der Waals surface area contributed by atoms with E-state index in [0.29, 0.717) is 18.7 Å². The van der Waals surface area contributed by atoms with Gasteiger partial charge < -0.3 is 14.8 Å². The molecule has 4 nitrogen and oxygen atoms in total. The monoisotopic (exact) mass is 377 g/mol. The molecular weight excluding hydrogens is 350 g/mol. The molecule has 0 aliphatic heterocycles. The molecule has 0 radical (unpaired) electrons. The van der Waals surface area contributed by atoms with Gasteiger partial charge in [0, 0.05) is 6.54 Å². The third-order valence-corrected chi connectivity index (χ3v) is 4.40. The van der Waals surface area contributed by atoms with Crippen molar-refractivity contribution in [3.05, 3.63) is 72.3 Å². The first-order chi connectivity index (χ1) is 13.5. The third-order valence-electron chi connectivity index (χ3n) is 4.40. The van der Waals surface area contributed by atoms with Gasteiger partial charge in [-0.2, -0.15) is 0 Å². The Bertz CT molecular complexity index is 936. The van der Waals surface area contributed by atoms with Crippen LogP contribution in [0.3, 0.4) is 0 Å². The molecule has 1 atom stereocenters. The van der Waals surface area contributed by atoms with Gasteiger partial charge in [0.25, 0.3) is 5.91 Å². The molecule has 3 rings (SSSR count). The van der Waals surface area contributed by atoms with Crippen LogP contribution < -0.4 is 14.8 Å². The van der Waals surface area contributed by atoms with E-state index in [0.717, 1.165) is 22.1 Å². The number of rotatable bonds is 8. The van der Waals surface area contributed by atoms with Crippen molar-refractivity contribution in [2.75, 3.05) is 0 Å². The van der Waals surface area contributed by atoms with Gasteiger partial charge in [-0.25, -0.2) is 0 Å². The fraction of sp³-hybridized carbons (Fsp3) is 0.292. The summed E-state index contributed by atoms with van der Waals surface area (Å²) in [6.45, 7) is 6.36. The maximum Gasteiger partial charge on any atom is 0.261 e. The van der Waals surface area contributed by atoms with Crippen LogP contribution in [0.25, 0.3) is 10.8 Å². The maximum atomic E-state index is 12.6. The van der Waals surface area contributed by atoms with Gasteiger partial charge in [0.05, 0.1) is 6.10 Å². The molecule has 0 spiro atoms. The molecule has 0 bridgehead atoms. The molecule has 4 heteroatoms. The lowest BCUT2D eigenvalue weighted by Crippen LogP contribution is -2.37. The van der Waals surface area contributed by atoms with E-state index in [1.807, 2.05) is 81.4 Å². The van der Waals surface area contributed by atoms with E-state index >= 15 is 0 Å². The molecule has 3 aromatic carbocycles. The van der Waals surface area contributed by atoms with E-state index in [1.165, 1.54) is 0 Å². The standard InChI is InChI=1S/C24H27NO3/c1-4-23(28-22-13-12-19-9-5-6-10-20(19)15-22)24(26)25-16-18-8-7-11-21(14-18)27-17(2)3/h5-15,17,23H,4,16H2,1-3H3,(H,25,26)/t23-/m0/s1. The summed E-state index contributed by atoms with van der Waals surface area (Å²) < 4.78 is 11.7. The smallest absolute Gasteiger partial charge is 0.261 e. The SMILES string of the molecule is CC[C@H](Oc1ccc2ccccc2c1)C(=O)NCc1cccc(OC(C)C)c1. The fourth-order valence-electron chi connectivity index (χ4n) is 3.03. The molecule has 146 valence electrons. The van der Waals surface area contributed by atoms with Crippen LogP contribution in [0.5, 0.6) is 11.5 Å². The maximum absolute atomic E-state index is 12.6. The molecule has 0 saturated heterocycles. The molecule has 0 aliphatic carbocycles. The van der Waals surface area contributed by atoms with Crippen LogP contribution in [0.15, 0.2) is 66.7 Å². The van der Waals surface area contributed by atoms with Crippen molar-refractivity contribution in [1.82, 2.24) is 5.32 Å². The third kappa shape index (κ3) is 5.26. The summed E-state index contributed by atoms with van der Waals surface area (Å²) in [6.07, 6.45) is 0.177. The second-order valence-corrected chi connectivity index (χ2v) is 7.06. The zero-order valence-electron chi connectivity index (χ0n) is 16.6. The first kappa shape index (κ1) is 19.7. The van der Waals surface area contributed by atoms with Gasteiger partial charge >= 0.3 is 0 Å². The van der Waals surface area contributed by atoms with Crippen molar-refractivity contribution in [3.8, 4) is 11.5 Å². The molecule has 1 amide bonds. The summed E-state index contributed by atoms with van der Waals surface area (Å²) >= 11 is 0. The Hall–Kier alpha value is -3.01. The van der Waals surface area contributed by atoms with Gasteiger partial charge in [-0.1, -0.05) is 49.4 Å². The van der Waals surface area contributed by atoms with Crippen molar-refractivity contribution >= 4 is 16.7 Å². The Morgan fingerprint density at radius 1 is 0.893 bits per heavy atom. The number of hydrogen-bond donors (Lipinski definition) is 1. The lowest BCUT2D eigenvalue weighted by atomic mass is 10.1. The Morgan fingerprint density at radius 3 is 2.39 bits per heavy atom. The Labute approximate surface area is 166 Å². The lowest BCUT2D eigenvalue weighted by molar-refractivity contribution is -0.128. The Balaban J connectivity index is 1.61. The summed E-state index contributed by atoms with van der Waals surface area (Å²) in [5.41, 5.74) is 0.993. The Kier molecular flexibility index (Phi) is 6.53. The predicted molar refractivity (Wildman–Crippen MR) is 113 cm³/mol. The minimum atomic E-state index is -0.531.